The highest BCUT2D eigenvalue weighted by atomic mass is 19.1. The number of terminal acetylenes is 1. The van der Waals surface area contributed by atoms with Crippen molar-refractivity contribution >= 4 is 27.5 Å². The summed E-state index contributed by atoms with van der Waals surface area (Å²) >= 11 is 0. The molecule has 6 nitrogen and oxygen atoms in total. The topological polar surface area (TPSA) is 54.4 Å². The van der Waals surface area contributed by atoms with Gasteiger partial charge in [0.15, 0.2) is 5.82 Å². The van der Waals surface area contributed by atoms with Gasteiger partial charge in [0.2, 0.25) is 0 Å². The first-order valence-corrected chi connectivity index (χ1v) is 16.7. The van der Waals surface area contributed by atoms with Gasteiger partial charge in [0, 0.05) is 36.5 Å². The third kappa shape index (κ3) is 4.11. The van der Waals surface area contributed by atoms with Gasteiger partial charge < -0.3 is 9.64 Å². The van der Waals surface area contributed by atoms with Gasteiger partial charge in [-0.05, 0) is 74.3 Å². The van der Waals surface area contributed by atoms with Crippen LogP contribution in [0, 0.1) is 41.7 Å². The van der Waals surface area contributed by atoms with Crippen LogP contribution in [0.5, 0.6) is 6.01 Å². The molecule has 46 heavy (non-hydrogen) atoms. The number of ether oxygens (including phenoxy) is 1. The van der Waals surface area contributed by atoms with E-state index in [1.54, 1.807) is 12.1 Å². The maximum Gasteiger partial charge on any atom is 0.319 e. The molecule has 4 fully saturated rings. The van der Waals surface area contributed by atoms with E-state index in [1.165, 1.54) is 25.3 Å². The monoisotopic (exact) mass is 623 g/mol. The summed E-state index contributed by atoms with van der Waals surface area (Å²) in [6.07, 6.45) is 11.4. The van der Waals surface area contributed by atoms with Crippen LogP contribution in [-0.4, -0.2) is 63.8 Å². The molecule has 5 aliphatic rings. The molecule has 3 saturated heterocycles. The summed E-state index contributed by atoms with van der Waals surface area (Å²) in [5.74, 6) is 3.37. The van der Waals surface area contributed by atoms with Gasteiger partial charge in [-0.3, -0.25) is 4.90 Å². The molecule has 2 aromatic carbocycles. The van der Waals surface area contributed by atoms with Crippen molar-refractivity contribution < 1.29 is 17.9 Å². The van der Waals surface area contributed by atoms with Gasteiger partial charge in [0.1, 0.15) is 35.6 Å². The van der Waals surface area contributed by atoms with Crippen molar-refractivity contribution in [1.29, 1.82) is 0 Å². The summed E-state index contributed by atoms with van der Waals surface area (Å²) in [4.78, 5) is 19.4. The summed E-state index contributed by atoms with van der Waals surface area (Å²) in [6, 6.07) is 8.74. The predicted molar refractivity (Wildman–Crippen MR) is 172 cm³/mol. The van der Waals surface area contributed by atoms with Crippen LogP contribution in [0.4, 0.5) is 19.0 Å². The quantitative estimate of drug-likeness (QED) is 0.232. The zero-order valence-corrected chi connectivity index (χ0v) is 25.9. The van der Waals surface area contributed by atoms with E-state index >= 15 is 4.39 Å². The van der Waals surface area contributed by atoms with Crippen molar-refractivity contribution in [2.45, 2.75) is 69.6 Å². The lowest BCUT2D eigenvalue weighted by molar-refractivity contribution is 0.107. The van der Waals surface area contributed by atoms with Crippen LogP contribution < -0.4 is 9.64 Å². The lowest BCUT2D eigenvalue weighted by Gasteiger charge is -2.43. The number of hydrogen-bond donors (Lipinski definition) is 0. The molecule has 2 aromatic heterocycles. The SMILES string of the molecule is C#Cc1c(F)ccc2cccc(-c3nc4c5c(nc(OC[C@@]67CCCN6C[C@H](F)C7)nc5c3F)N3C[C@H]5CC[C@H](C5)[C@H]3[C@@H](C)C4)c12. The summed E-state index contributed by atoms with van der Waals surface area (Å²) in [5.41, 5.74) is 1.10. The Labute approximate surface area is 266 Å². The summed E-state index contributed by atoms with van der Waals surface area (Å²) in [6.45, 7) is 4.64. The minimum absolute atomic E-state index is 0.0808. The maximum atomic E-state index is 17.1. The van der Waals surface area contributed by atoms with Crippen molar-refractivity contribution in [3.8, 4) is 29.6 Å². The Morgan fingerprint density at radius 1 is 1.09 bits per heavy atom. The van der Waals surface area contributed by atoms with Crippen LogP contribution in [0.2, 0.25) is 0 Å². The number of alkyl halides is 1. The van der Waals surface area contributed by atoms with Crippen LogP contribution in [0.25, 0.3) is 32.9 Å². The van der Waals surface area contributed by atoms with Crippen molar-refractivity contribution in [3.05, 3.63) is 53.2 Å². The van der Waals surface area contributed by atoms with Crippen LogP contribution in [-0.2, 0) is 6.42 Å². The average molecular weight is 624 g/mol. The Kier molecular flexibility index (Phi) is 6.34. The van der Waals surface area contributed by atoms with Gasteiger partial charge in [-0.15, -0.1) is 6.42 Å². The van der Waals surface area contributed by atoms with Crippen molar-refractivity contribution in [1.82, 2.24) is 19.9 Å². The second-order valence-electron chi connectivity index (χ2n) is 14.4. The van der Waals surface area contributed by atoms with Gasteiger partial charge in [0.05, 0.1) is 22.2 Å². The zero-order valence-electron chi connectivity index (χ0n) is 25.9. The molecular formula is C37H36F3N5O. The number of piperidine rings is 1. The summed E-state index contributed by atoms with van der Waals surface area (Å²) < 4.78 is 53.0. The van der Waals surface area contributed by atoms with E-state index in [0.29, 0.717) is 58.8 Å². The number of hydrogen-bond acceptors (Lipinski definition) is 6. The Balaban J connectivity index is 1.25. The zero-order chi connectivity index (χ0) is 31.3. The molecular weight excluding hydrogens is 587 g/mol. The Morgan fingerprint density at radius 3 is 2.85 bits per heavy atom. The second kappa shape index (κ2) is 10.3. The predicted octanol–water partition coefficient (Wildman–Crippen LogP) is 6.86. The lowest BCUT2D eigenvalue weighted by Crippen LogP contribution is -2.49. The Bertz CT molecular complexity index is 1960. The van der Waals surface area contributed by atoms with Gasteiger partial charge in [-0.25, -0.2) is 18.2 Å². The molecule has 1 aliphatic carbocycles. The molecule has 4 aliphatic heterocycles. The molecule has 0 radical (unpaired) electrons. The highest BCUT2D eigenvalue weighted by Gasteiger charge is 2.50. The molecule has 6 atom stereocenters. The third-order valence-electron chi connectivity index (χ3n) is 11.7. The molecule has 236 valence electrons. The molecule has 2 bridgehead atoms. The molecule has 9 heteroatoms. The summed E-state index contributed by atoms with van der Waals surface area (Å²) in [7, 11) is 0. The van der Waals surface area contributed by atoms with Crippen molar-refractivity contribution in [3.63, 3.8) is 0 Å². The van der Waals surface area contributed by atoms with E-state index in [-0.39, 0.29) is 46.9 Å². The van der Waals surface area contributed by atoms with E-state index < -0.39 is 17.8 Å². The first kappa shape index (κ1) is 28.3. The fourth-order valence-electron chi connectivity index (χ4n) is 9.81. The highest BCUT2D eigenvalue weighted by molar-refractivity contribution is 6.02. The molecule has 0 spiro atoms. The molecule has 0 N–H and O–H groups in total. The van der Waals surface area contributed by atoms with Crippen LogP contribution in [0.1, 0.15) is 56.7 Å². The number of halogens is 3. The van der Waals surface area contributed by atoms with E-state index in [4.69, 9.17) is 26.1 Å². The number of rotatable bonds is 4. The van der Waals surface area contributed by atoms with Crippen LogP contribution in [0.3, 0.4) is 0 Å². The normalized spacial score (nSPS) is 30.0. The largest absolute Gasteiger partial charge is 0.461 e. The second-order valence-corrected chi connectivity index (χ2v) is 14.4. The Hall–Kier alpha value is -3.90. The van der Waals surface area contributed by atoms with E-state index in [2.05, 4.69) is 22.6 Å². The minimum atomic E-state index is -0.885. The van der Waals surface area contributed by atoms with Gasteiger partial charge >= 0.3 is 6.01 Å². The summed E-state index contributed by atoms with van der Waals surface area (Å²) in [5, 5.41) is 1.78. The molecule has 0 unspecified atom stereocenters. The van der Waals surface area contributed by atoms with Gasteiger partial charge in [-0.2, -0.15) is 9.97 Å². The molecule has 4 aromatic rings. The first-order chi connectivity index (χ1) is 22.3. The van der Waals surface area contributed by atoms with Crippen LogP contribution >= 0.6 is 0 Å². The number of benzene rings is 2. The van der Waals surface area contributed by atoms with Crippen molar-refractivity contribution in [2.75, 3.05) is 31.1 Å². The number of pyridine rings is 1. The van der Waals surface area contributed by atoms with Gasteiger partial charge in [-0.1, -0.05) is 37.1 Å². The number of anilines is 1. The minimum Gasteiger partial charge on any atom is -0.461 e. The third-order valence-corrected chi connectivity index (χ3v) is 11.7. The van der Waals surface area contributed by atoms with E-state index in [0.717, 1.165) is 31.6 Å². The van der Waals surface area contributed by atoms with E-state index in [9.17, 15) is 8.78 Å². The smallest absolute Gasteiger partial charge is 0.319 e. The first-order valence-electron chi connectivity index (χ1n) is 16.7. The molecule has 6 heterocycles. The fraction of sp³-hybridized carbons (Fsp3) is 0.486. The lowest BCUT2D eigenvalue weighted by atomic mass is 9.82. The number of nitrogens with zero attached hydrogens (tertiary/aromatic N) is 5. The fourth-order valence-corrected chi connectivity index (χ4v) is 9.81. The van der Waals surface area contributed by atoms with Gasteiger partial charge in [0.25, 0.3) is 0 Å². The van der Waals surface area contributed by atoms with E-state index in [1.807, 2.05) is 12.1 Å². The molecule has 1 saturated carbocycles. The van der Waals surface area contributed by atoms with Crippen LogP contribution in [0.15, 0.2) is 30.3 Å². The van der Waals surface area contributed by atoms with Crippen molar-refractivity contribution in [2.24, 2.45) is 17.8 Å². The molecule has 0 amide bonds. The Morgan fingerprint density at radius 2 is 1.98 bits per heavy atom. The maximum absolute atomic E-state index is 17.1. The average Bonchev–Trinajstić information content (AvgIpc) is 3.69. The molecule has 9 rings (SSSR count). The number of aromatic nitrogens is 3. The number of fused-ring (bicyclic) bond motifs is 7. The highest BCUT2D eigenvalue weighted by Crippen LogP contribution is 2.49. The standard InChI is InChI=1S/C37H36F3N5O/c1-3-25-27(39)11-10-22-6-4-7-26(29(22)25)32-31(40)33-30-28(41-32)14-20(2)34-23-9-8-21(15-23)17-45(34)35(30)43-36(42-33)46-19-37-12-5-13-44(37)18-24(38)16-37/h1,4,6-7,10-11,20-21,23-24,34H,5,8-9,12-19H2,2H3/t20-,21-,23+,24+,34+,37-/m0/s1.